The highest BCUT2D eigenvalue weighted by Gasteiger charge is 2.57. The van der Waals surface area contributed by atoms with Gasteiger partial charge < -0.3 is 25.6 Å². The van der Waals surface area contributed by atoms with E-state index in [4.69, 9.17) is 26.8 Å². The third-order valence-electron chi connectivity index (χ3n) is 7.33. The van der Waals surface area contributed by atoms with Crippen molar-refractivity contribution in [1.82, 2.24) is 15.3 Å². The predicted octanol–water partition coefficient (Wildman–Crippen LogP) is 4.41. The normalized spacial score (nSPS) is 17.6. The molecular weight excluding hydrogens is 596 g/mol. The van der Waals surface area contributed by atoms with E-state index in [2.05, 4.69) is 15.3 Å². The molecule has 4 aromatic rings. The Morgan fingerprint density at radius 2 is 1.88 bits per heavy atom. The maximum absolute atomic E-state index is 14.6. The number of ether oxygens (including phenoxy) is 2. The van der Waals surface area contributed by atoms with E-state index in [9.17, 15) is 32.3 Å². The third-order valence-corrected chi connectivity index (χ3v) is 7.54. The molecule has 0 bridgehead atoms. The van der Waals surface area contributed by atoms with Gasteiger partial charge in [-0.25, -0.2) is 9.37 Å². The molecule has 2 unspecified atom stereocenters. The second kappa shape index (κ2) is 10.7. The number of primary amides is 1. The van der Waals surface area contributed by atoms with Gasteiger partial charge in [0.1, 0.15) is 40.5 Å². The number of methoxy groups -OCH3 is 1. The van der Waals surface area contributed by atoms with Crippen molar-refractivity contribution in [1.29, 1.82) is 0 Å². The zero-order valence-electron chi connectivity index (χ0n) is 22.6. The van der Waals surface area contributed by atoms with Crippen molar-refractivity contribution in [3.8, 4) is 22.8 Å². The number of aromatic nitrogens is 2. The maximum atomic E-state index is 14.6. The van der Waals surface area contributed by atoms with E-state index in [1.165, 1.54) is 50.6 Å². The van der Waals surface area contributed by atoms with E-state index in [-0.39, 0.29) is 45.5 Å². The number of alkyl halides is 3. The highest BCUT2D eigenvalue weighted by atomic mass is 35.5. The van der Waals surface area contributed by atoms with Gasteiger partial charge in [0.15, 0.2) is 0 Å². The maximum Gasteiger partial charge on any atom is 0.424 e. The minimum Gasteiger partial charge on any atom is -0.494 e. The number of benzene rings is 2. The first-order valence-corrected chi connectivity index (χ1v) is 13.0. The minimum absolute atomic E-state index is 0.0410. The Morgan fingerprint density at radius 1 is 1.19 bits per heavy atom. The summed E-state index contributed by atoms with van der Waals surface area (Å²) in [4.78, 5) is 33.7. The number of carbonyl (C=O) groups is 2. The number of nitrogens with one attached hydrogen (secondary N) is 1. The van der Waals surface area contributed by atoms with Crippen LogP contribution in [0.3, 0.4) is 0 Å². The SMILES string of the molecule is COc1cc(C(=O)NCC(O)(c2cc3c(c(-c4ccc(F)cc4)n2)OCC3(C)C(N)=O)C(F)(F)F)cc2cc(Cl)cnc12. The molecule has 0 saturated heterocycles. The van der Waals surface area contributed by atoms with Crippen LogP contribution in [0.4, 0.5) is 17.6 Å². The van der Waals surface area contributed by atoms with Gasteiger partial charge in [-0.05, 0) is 55.5 Å². The number of nitrogens with two attached hydrogens (primary N) is 1. The van der Waals surface area contributed by atoms with Gasteiger partial charge >= 0.3 is 6.18 Å². The highest BCUT2D eigenvalue weighted by Crippen LogP contribution is 2.47. The summed E-state index contributed by atoms with van der Waals surface area (Å²) in [6, 6.07) is 9.66. The number of amides is 2. The zero-order chi connectivity index (χ0) is 31.3. The lowest BCUT2D eigenvalue weighted by molar-refractivity contribution is -0.265. The number of halogens is 5. The Labute approximate surface area is 246 Å². The van der Waals surface area contributed by atoms with Crippen molar-refractivity contribution in [2.45, 2.75) is 24.1 Å². The van der Waals surface area contributed by atoms with Crippen molar-refractivity contribution >= 4 is 34.3 Å². The number of nitrogens with zero attached hydrogens (tertiary/aromatic N) is 2. The molecule has 4 N–H and O–H groups in total. The van der Waals surface area contributed by atoms with E-state index in [0.29, 0.717) is 10.9 Å². The van der Waals surface area contributed by atoms with Crippen LogP contribution < -0.4 is 20.5 Å². The van der Waals surface area contributed by atoms with E-state index >= 15 is 0 Å². The Bertz CT molecular complexity index is 1770. The summed E-state index contributed by atoms with van der Waals surface area (Å²) < 4.78 is 68.5. The molecule has 0 saturated carbocycles. The van der Waals surface area contributed by atoms with Crippen LogP contribution in [-0.4, -0.2) is 53.3 Å². The van der Waals surface area contributed by atoms with Crippen molar-refractivity contribution in [2.24, 2.45) is 5.73 Å². The van der Waals surface area contributed by atoms with E-state index in [1.54, 1.807) is 0 Å². The molecule has 2 aromatic carbocycles. The van der Waals surface area contributed by atoms with Crippen molar-refractivity contribution in [3.05, 3.63) is 82.4 Å². The Morgan fingerprint density at radius 3 is 2.51 bits per heavy atom. The fraction of sp³-hybridized carbons (Fsp3) is 0.241. The van der Waals surface area contributed by atoms with E-state index < -0.39 is 47.1 Å². The smallest absolute Gasteiger partial charge is 0.424 e. The summed E-state index contributed by atoms with van der Waals surface area (Å²) in [5.41, 5.74) is -0.503. The largest absolute Gasteiger partial charge is 0.494 e. The summed E-state index contributed by atoms with van der Waals surface area (Å²) in [5, 5.41) is 14.0. The minimum atomic E-state index is -5.37. The molecule has 0 spiro atoms. The van der Waals surface area contributed by atoms with Gasteiger partial charge in [-0.1, -0.05) is 11.6 Å². The van der Waals surface area contributed by atoms with Gasteiger partial charge in [0, 0.05) is 28.3 Å². The summed E-state index contributed by atoms with van der Waals surface area (Å²) in [7, 11) is 1.33. The fourth-order valence-corrected chi connectivity index (χ4v) is 4.89. The molecular formula is C29H23ClF4N4O5. The summed E-state index contributed by atoms with van der Waals surface area (Å²) in [6.45, 7) is -0.296. The monoisotopic (exact) mass is 618 g/mol. The Kier molecular flexibility index (Phi) is 7.43. The average molecular weight is 619 g/mol. The molecule has 0 radical (unpaired) electrons. The molecule has 2 atom stereocenters. The number of pyridine rings is 2. The molecule has 2 aromatic heterocycles. The first kappa shape index (κ1) is 30.0. The standard InChI is InChI=1S/C29H23ClF4N4O5/c1-27(26(35)40)13-43-24-19(27)10-21(38-23(24)14-3-5-18(31)6-4-14)28(41,29(32,33)34)12-37-25(39)16-7-15-8-17(30)11-36-22(15)20(9-16)42-2/h3-11,41H,12-13H2,1-2H3,(H2,35,40)(H,37,39). The third kappa shape index (κ3) is 5.19. The number of hydrogen-bond donors (Lipinski definition) is 3. The fourth-order valence-electron chi connectivity index (χ4n) is 4.73. The van der Waals surface area contributed by atoms with Gasteiger partial charge in [-0.3, -0.25) is 14.6 Å². The Balaban J connectivity index is 1.59. The van der Waals surface area contributed by atoms with Gasteiger partial charge in [-0.15, -0.1) is 0 Å². The predicted molar refractivity (Wildman–Crippen MR) is 147 cm³/mol. The molecule has 3 heterocycles. The molecule has 1 aliphatic rings. The van der Waals surface area contributed by atoms with Crippen molar-refractivity contribution in [2.75, 3.05) is 20.3 Å². The van der Waals surface area contributed by atoms with E-state index in [1.807, 2.05) is 0 Å². The van der Waals surface area contributed by atoms with Crippen molar-refractivity contribution < 1.29 is 41.7 Å². The van der Waals surface area contributed by atoms with Crippen LogP contribution >= 0.6 is 11.6 Å². The van der Waals surface area contributed by atoms with Gasteiger partial charge in [0.05, 0.1) is 24.4 Å². The van der Waals surface area contributed by atoms with Crippen LogP contribution in [0.2, 0.25) is 5.02 Å². The molecule has 224 valence electrons. The quantitative estimate of drug-likeness (QED) is 0.261. The first-order chi connectivity index (χ1) is 20.2. The first-order valence-electron chi connectivity index (χ1n) is 12.6. The zero-order valence-corrected chi connectivity index (χ0v) is 23.3. The van der Waals surface area contributed by atoms with Gasteiger partial charge in [0.25, 0.3) is 5.91 Å². The van der Waals surface area contributed by atoms with Crippen LogP contribution in [0, 0.1) is 5.82 Å². The van der Waals surface area contributed by atoms with Gasteiger partial charge in [-0.2, -0.15) is 13.2 Å². The number of rotatable bonds is 7. The van der Waals surface area contributed by atoms with Crippen LogP contribution in [0.5, 0.6) is 11.5 Å². The number of fused-ring (bicyclic) bond motifs is 2. The second-order valence-corrected chi connectivity index (χ2v) is 10.6. The van der Waals surface area contributed by atoms with Crippen LogP contribution in [0.25, 0.3) is 22.2 Å². The molecule has 0 fully saturated rings. The second-order valence-electron chi connectivity index (χ2n) is 10.2. The van der Waals surface area contributed by atoms with Crippen LogP contribution in [0.15, 0.2) is 54.7 Å². The average Bonchev–Trinajstić information content (AvgIpc) is 3.32. The summed E-state index contributed by atoms with van der Waals surface area (Å²) in [5.74, 6) is -2.36. The van der Waals surface area contributed by atoms with Gasteiger partial charge in [0.2, 0.25) is 11.5 Å². The lowest BCUT2D eigenvalue weighted by atomic mass is 9.81. The number of carbonyl (C=O) groups excluding carboxylic acids is 2. The topological polar surface area (TPSA) is 137 Å². The number of hydrogen-bond acceptors (Lipinski definition) is 7. The molecule has 1 aliphatic heterocycles. The number of aliphatic hydroxyl groups is 1. The van der Waals surface area contributed by atoms with E-state index in [0.717, 1.165) is 18.2 Å². The molecule has 5 rings (SSSR count). The lowest BCUT2D eigenvalue weighted by Crippen LogP contribution is -2.51. The Hall–Kier alpha value is -4.49. The highest BCUT2D eigenvalue weighted by molar-refractivity contribution is 6.31. The van der Waals surface area contributed by atoms with Crippen LogP contribution in [-0.2, 0) is 15.8 Å². The lowest BCUT2D eigenvalue weighted by Gasteiger charge is -2.31. The van der Waals surface area contributed by atoms with Crippen molar-refractivity contribution in [3.63, 3.8) is 0 Å². The van der Waals surface area contributed by atoms with Crippen LogP contribution in [0.1, 0.15) is 28.5 Å². The molecule has 9 nitrogen and oxygen atoms in total. The summed E-state index contributed by atoms with van der Waals surface area (Å²) >= 11 is 6.00. The summed E-state index contributed by atoms with van der Waals surface area (Å²) in [6.07, 6.45) is -4.00. The molecule has 14 heteroatoms. The molecule has 43 heavy (non-hydrogen) atoms. The molecule has 2 amide bonds. The molecule has 0 aliphatic carbocycles.